The Bertz CT molecular complexity index is 680. The largest absolute Gasteiger partial charge is 0.493 e. The van der Waals surface area contributed by atoms with Gasteiger partial charge in [0.05, 0.1) is 20.4 Å². The van der Waals surface area contributed by atoms with Crippen LogP contribution < -0.4 is 9.47 Å². The number of hydrogen-bond acceptors (Lipinski definition) is 6. The molecule has 0 fully saturated rings. The van der Waals surface area contributed by atoms with Gasteiger partial charge in [0.15, 0.2) is 18.1 Å². The van der Waals surface area contributed by atoms with Crippen LogP contribution in [0.2, 0.25) is 0 Å². The van der Waals surface area contributed by atoms with Gasteiger partial charge in [-0.25, -0.2) is 4.79 Å². The maximum Gasteiger partial charge on any atom is 0.345 e. The quantitative estimate of drug-likeness (QED) is 0.626. The molecule has 0 unspecified atom stereocenters. The monoisotopic (exact) mass is 321 g/mol. The van der Waals surface area contributed by atoms with Crippen LogP contribution in [0.3, 0.4) is 0 Å². The number of benzene rings is 1. The third-order valence-corrected chi connectivity index (χ3v) is 3.81. The van der Waals surface area contributed by atoms with Gasteiger partial charge in [0.2, 0.25) is 0 Å². The highest BCUT2D eigenvalue weighted by Crippen LogP contribution is 2.26. The number of carboxylic acid groups (broad SMARTS) is 1. The SMILES string of the molecule is COc1ccc(/C=N/OCc2ccc(C(=O)O)s2)cc1OC. The predicted molar refractivity (Wildman–Crippen MR) is 83.2 cm³/mol. The van der Waals surface area contributed by atoms with Crippen molar-refractivity contribution in [2.75, 3.05) is 14.2 Å². The molecule has 0 amide bonds. The fourth-order valence-electron chi connectivity index (χ4n) is 1.70. The molecule has 1 heterocycles. The maximum absolute atomic E-state index is 10.8. The number of hydrogen-bond donors (Lipinski definition) is 1. The Morgan fingerprint density at radius 2 is 2.00 bits per heavy atom. The maximum atomic E-state index is 10.8. The van der Waals surface area contributed by atoms with Gasteiger partial charge in [-0.05, 0) is 30.3 Å². The summed E-state index contributed by atoms with van der Waals surface area (Å²) in [5, 5.41) is 12.7. The first kappa shape index (κ1) is 15.8. The number of oxime groups is 1. The van der Waals surface area contributed by atoms with Crippen LogP contribution in [-0.4, -0.2) is 31.5 Å². The molecule has 22 heavy (non-hydrogen) atoms. The Balaban J connectivity index is 1.93. The van der Waals surface area contributed by atoms with Crippen LogP contribution >= 0.6 is 11.3 Å². The van der Waals surface area contributed by atoms with Gasteiger partial charge >= 0.3 is 5.97 Å². The van der Waals surface area contributed by atoms with Crippen LogP contribution in [0.1, 0.15) is 20.1 Å². The highest BCUT2D eigenvalue weighted by Gasteiger charge is 2.07. The Morgan fingerprint density at radius 3 is 2.64 bits per heavy atom. The van der Waals surface area contributed by atoms with E-state index in [1.165, 1.54) is 0 Å². The lowest BCUT2D eigenvalue weighted by Crippen LogP contribution is -1.92. The van der Waals surface area contributed by atoms with Crippen molar-refractivity contribution in [3.05, 3.63) is 45.6 Å². The van der Waals surface area contributed by atoms with Gasteiger partial charge in [-0.3, -0.25) is 0 Å². The summed E-state index contributed by atoms with van der Waals surface area (Å²) < 4.78 is 10.3. The van der Waals surface area contributed by atoms with E-state index in [1.54, 1.807) is 44.7 Å². The molecule has 7 heteroatoms. The minimum atomic E-state index is -0.940. The third-order valence-electron chi connectivity index (χ3n) is 2.76. The number of thiophene rings is 1. The van der Waals surface area contributed by atoms with Crippen molar-refractivity contribution in [2.24, 2.45) is 5.16 Å². The highest BCUT2D eigenvalue weighted by atomic mass is 32.1. The van der Waals surface area contributed by atoms with Crippen molar-refractivity contribution in [2.45, 2.75) is 6.61 Å². The second kappa shape index (κ2) is 7.46. The molecule has 6 nitrogen and oxygen atoms in total. The standard InChI is InChI=1S/C15H15NO5S/c1-19-12-5-3-10(7-13(12)20-2)8-16-21-9-11-4-6-14(22-11)15(17)18/h3-8H,9H2,1-2H3,(H,17,18)/b16-8+. The molecular formula is C15H15NO5S. The topological polar surface area (TPSA) is 77.4 Å². The second-order valence-electron chi connectivity index (χ2n) is 4.19. The van der Waals surface area contributed by atoms with Crippen molar-refractivity contribution in [1.29, 1.82) is 0 Å². The normalized spacial score (nSPS) is 10.6. The van der Waals surface area contributed by atoms with Crippen molar-refractivity contribution in [3.63, 3.8) is 0 Å². The summed E-state index contributed by atoms with van der Waals surface area (Å²) in [6.45, 7) is 0.224. The lowest BCUT2D eigenvalue weighted by atomic mass is 10.2. The number of methoxy groups -OCH3 is 2. The van der Waals surface area contributed by atoms with Crippen LogP contribution in [0.5, 0.6) is 11.5 Å². The molecule has 0 aliphatic heterocycles. The Labute approximate surface area is 131 Å². The van der Waals surface area contributed by atoms with Crippen LogP contribution in [0.25, 0.3) is 0 Å². The van der Waals surface area contributed by atoms with Gasteiger partial charge in [0.1, 0.15) is 4.88 Å². The van der Waals surface area contributed by atoms with E-state index in [0.717, 1.165) is 21.8 Å². The molecule has 2 aromatic rings. The van der Waals surface area contributed by atoms with Gasteiger partial charge in [-0.2, -0.15) is 0 Å². The molecule has 0 saturated heterocycles. The van der Waals surface area contributed by atoms with Gasteiger partial charge in [-0.15, -0.1) is 11.3 Å². The number of carboxylic acids is 1. The Morgan fingerprint density at radius 1 is 1.23 bits per heavy atom. The highest BCUT2D eigenvalue weighted by molar-refractivity contribution is 7.13. The molecule has 0 radical (unpaired) electrons. The first-order chi connectivity index (χ1) is 10.6. The average Bonchev–Trinajstić information content (AvgIpc) is 3.00. The summed E-state index contributed by atoms with van der Waals surface area (Å²) >= 11 is 1.16. The number of ether oxygens (including phenoxy) is 2. The van der Waals surface area contributed by atoms with Crippen LogP contribution in [0.4, 0.5) is 0 Å². The Hall–Kier alpha value is -2.54. The second-order valence-corrected chi connectivity index (χ2v) is 5.36. The first-order valence-corrected chi connectivity index (χ1v) is 7.15. The minimum Gasteiger partial charge on any atom is -0.493 e. The third kappa shape index (κ3) is 3.98. The number of rotatable bonds is 7. The van der Waals surface area contributed by atoms with E-state index < -0.39 is 5.97 Å². The fourth-order valence-corrected chi connectivity index (χ4v) is 2.46. The zero-order valence-corrected chi connectivity index (χ0v) is 12.9. The van der Waals surface area contributed by atoms with E-state index >= 15 is 0 Å². The number of aromatic carboxylic acids is 1. The number of carbonyl (C=O) groups is 1. The van der Waals surface area contributed by atoms with E-state index in [2.05, 4.69) is 5.16 Å². The first-order valence-electron chi connectivity index (χ1n) is 6.33. The van der Waals surface area contributed by atoms with Crippen LogP contribution in [0, 0.1) is 0 Å². The summed E-state index contributed by atoms with van der Waals surface area (Å²) in [6, 6.07) is 8.63. The molecule has 0 aliphatic carbocycles. The van der Waals surface area contributed by atoms with Crippen molar-refractivity contribution in [3.8, 4) is 11.5 Å². The van der Waals surface area contributed by atoms with E-state index in [-0.39, 0.29) is 11.5 Å². The average molecular weight is 321 g/mol. The molecule has 0 atom stereocenters. The van der Waals surface area contributed by atoms with Gasteiger partial charge in [0, 0.05) is 10.4 Å². The zero-order valence-electron chi connectivity index (χ0n) is 12.1. The van der Waals surface area contributed by atoms with E-state index in [4.69, 9.17) is 19.4 Å². The van der Waals surface area contributed by atoms with E-state index in [9.17, 15) is 4.79 Å². The summed E-state index contributed by atoms with van der Waals surface area (Å²) in [4.78, 5) is 17.0. The summed E-state index contributed by atoms with van der Waals surface area (Å²) in [5.41, 5.74) is 0.801. The van der Waals surface area contributed by atoms with Crippen molar-refractivity contribution < 1.29 is 24.2 Å². The molecule has 0 aliphatic rings. The molecule has 1 aromatic carbocycles. The lowest BCUT2D eigenvalue weighted by Gasteiger charge is -2.07. The summed E-state index contributed by atoms with van der Waals surface area (Å²) in [5.74, 6) is 0.307. The van der Waals surface area contributed by atoms with E-state index in [1.807, 2.05) is 6.07 Å². The lowest BCUT2D eigenvalue weighted by molar-refractivity contribution is 0.0702. The molecule has 1 N–H and O–H groups in total. The van der Waals surface area contributed by atoms with Crippen LogP contribution in [-0.2, 0) is 11.4 Å². The van der Waals surface area contributed by atoms with Crippen LogP contribution in [0.15, 0.2) is 35.5 Å². The van der Waals surface area contributed by atoms with E-state index in [0.29, 0.717) is 11.5 Å². The molecule has 2 rings (SSSR count). The summed E-state index contributed by atoms with van der Waals surface area (Å²) in [6.07, 6.45) is 1.55. The van der Waals surface area contributed by atoms with Crippen molar-refractivity contribution in [1.82, 2.24) is 0 Å². The Kier molecular flexibility index (Phi) is 5.37. The fraction of sp³-hybridized carbons (Fsp3) is 0.200. The van der Waals surface area contributed by atoms with Gasteiger partial charge in [0.25, 0.3) is 0 Å². The van der Waals surface area contributed by atoms with Crippen molar-refractivity contribution >= 4 is 23.5 Å². The minimum absolute atomic E-state index is 0.224. The molecule has 0 bridgehead atoms. The smallest absolute Gasteiger partial charge is 0.345 e. The zero-order chi connectivity index (χ0) is 15.9. The molecule has 0 spiro atoms. The number of nitrogens with zero attached hydrogens (tertiary/aromatic N) is 1. The predicted octanol–water partition coefficient (Wildman–Crippen LogP) is 3.01. The molecule has 116 valence electrons. The van der Waals surface area contributed by atoms with Gasteiger partial charge in [-0.1, -0.05) is 5.16 Å². The molecule has 1 aromatic heterocycles. The molecule has 0 saturated carbocycles. The summed E-state index contributed by atoms with van der Waals surface area (Å²) in [7, 11) is 3.13. The van der Waals surface area contributed by atoms with Gasteiger partial charge < -0.3 is 19.4 Å². The molecular weight excluding hydrogens is 306 g/mol.